The van der Waals surface area contributed by atoms with Crippen molar-refractivity contribution in [1.29, 1.82) is 0 Å². The van der Waals surface area contributed by atoms with Gasteiger partial charge in [-0.3, -0.25) is 14.2 Å². The third-order valence-electron chi connectivity index (χ3n) is 2.99. The Labute approximate surface area is 155 Å². The third-order valence-corrected chi connectivity index (χ3v) is 12.5. The van der Waals surface area contributed by atoms with Crippen LogP contribution < -0.4 is 0 Å². The van der Waals surface area contributed by atoms with Crippen molar-refractivity contribution in [2.45, 2.75) is 12.7 Å². The maximum atomic E-state index is 12.6. The van der Waals surface area contributed by atoms with Crippen molar-refractivity contribution in [2.75, 3.05) is 31.9 Å². The topological polar surface area (TPSA) is 63.7 Å². The first-order valence-corrected chi connectivity index (χ1v) is 13.8. The van der Waals surface area contributed by atoms with E-state index in [0.717, 1.165) is 17.3 Å². The first-order valence-electron chi connectivity index (χ1n) is 7.26. The fourth-order valence-electron chi connectivity index (χ4n) is 1.74. The molecule has 0 N–H and O–H groups in total. The van der Waals surface area contributed by atoms with Gasteiger partial charge in [-0.15, -0.1) is 0 Å². The number of hydrogen-bond acceptors (Lipinski definition) is 7. The molecule has 9 heteroatoms. The molecule has 0 atom stereocenters. The van der Waals surface area contributed by atoms with Crippen molar-refractivity contribution in [3.05, 3.63) is 35.9 Å². The highest BCUT2D eigenvalue weighted by molar-refractivity contribution is 8.90. The highest BCUT2D eigenvalue weighted by atomic mass is 33.1. The molecule has 0 bridgehead atoms. The van der Waals surface area contributed by atoms with Gasteiger partial charge in [-0.1, -0.05) is 64.9 Å². The van der Waals surface area contributed by atoms with Crippen LogP contribution in [0.25, 0.3) is 0 Å². The number of rotatable bonds is 9. The van der Waals surface area contributed by atoms with Crippen molar-refractivity contribution in [2.24, 2.45) is 0 Å². The maximum absolute atomic E-state index is 12.6. The van der Waals surface area contributed by atoms with E-state index in [2.05, 4.69) is 0 Å². The van der Waals surface area contributed by atoms with E-state index in [0.29, 0.717) is 5.75 Å². The molecule has 1 amide bonds. The van der Waals surface area contributed by atoms with Crippen molar-refractivity contribution >= 4 is 51.3 Å². The number of benzene rings is 1. The second-order valence-corrected chi connectivity index (χ2v) is 14.2. The molecular formula is C15H22NO4PS3. The van der Waals surface area contributed by atoms with Gasteiger partial charge >= 0.3 is 5.97 Å². The zero-order chi connectivity index (χ0) is 18.0. The van der Waals surface area contributed by atoms with Gasteiger partial charge in [-0.25, -0.2) is 0 Å². The van der Waals surface area contributed by atoms with E-state index >= 15 is 0 Å². The Morgan fingerprint density at radius 2 is 1.79 bits per heavy atom. The van der Waals surface area contributed by atoms with Crippen molar-refractivity contribution < 1.29 is 18.9 Å². The molecule has 1 aromatic rings. The highest BCUT2D eigenvalue weighted by Gasteiger charge is 2.28. The SMILES string of the molecule is CCOC(=O)CN(CP(=O)(SC)SC)C(=O)SCc1ccccc1. The summed E-state index contributed by atoms with van der Waals surface area (Å²) in [7, 11) is 0. The molecule has 0 unspecified atom stereocenters. The number of thioether (sulfide) groups is 1. The summed E-state index contributed by atoms with van der Waals surface area (Å²) >= 11 is 3.57. The number of amides is 1. The summed E-state index contributed by atoms with van der Waals surface area (Å²) in [5.41, 5.74) is -1.63. The quantitative estimate of drug-likeness (QED) is 0.431. The van der Waals surface area contributed by atoms with Gasteiger partial charge in [0.05, 0.1) is 12.9 Å². The first-order chi connectivity index (χ1) is 11.4. The minimum absolute atomic E-state index is 0.0504. The molecule has 0 heterocycles. The molecule has 134 valence electrons. The van der Waals surface area contributed by atoms with Crippen LogP contribution in [0.1, 0.15) is 12.5 Å². The molecule has 0 radical (unpaired) electrons. The summed E-state index contributed by atoms with van der Waals surface area (Å²) in [6, 6.07) is 9.60. The molecule has 0 aliphatic rings. The van der Waals surface area contributed by atoms with Crippen LogP contribution in [0.2, 0.25) is 0 Å². The Balaban J connectivity index is 2.76. The molecule has 0 saturated heterocycles. The van der Waals surface area contributed by atoms with E-state index in [4.69, 9.17) is 4.74 Å². The second kappa shape index (κ2) is 11.1. The molecular weight excluding hydrogens is 385 g/mol. The summed E-state index contributed by atoms with van der Waals surface area (Å²) in [5, 5.41) is -0.268. The lowest BCUT2D eigenvalue weighted by molar-refractivity contribution is -0.143. The Morgan fingerprint density at radius 1 is 1.17 bits per heavy atom. The van der Waals surface area contributed by atoms with Crippen molar-refractivity contribution in [3.63, 3.8) is 0 Å². The van der Waals surface area contributed by atoms with Crippen LogP contribution in [0.3, 0.4) is 0 Å². The van der Waals surface area contributed by atoms with Gasteiger partial charge in [0.15, 0.2) is 0 Å². The normalized spacial score (nSPS) is 11.1. The zero-order valence-electron chi connectivity index (χ0n) is 14.0. The lowest BCUT2D eigenvalue weighted by Gasteiger charge is -2.24. The summed E-state index contributed by atoms with van der Waals surface area (Å²) in [4.78, 5) is 25.6. The summed E-state index contributed by atoms with van der Waals surface area (Å²) in [6.45, 7) is 1.78. The monoisotopic (exact) mass is 407 g/mol. The Hall–Kier alpha value is -0.560. The van der Waals surface area contributed by atoms with E-state index < -0.39 is 11.5 Å². The number of carbonyl (C=O) groups is 2. The fraction of sp³-hybridized carbons (Fsp3) is 0.467. The molecule has 0 aromatic heterocycles. The molecule has 0 fully saturated rings. The largest absolute Gasteiger partial charge is 0.465 e. The molecule has 0 aliphatic carbocycles. The predicted octanol–water partition coefficient (Wildman–Crippen LogP) is 4.78. The summed E-state index contributed by atoms with van der Waals surface area (Å²) in [6.07, 6.45) is 3.55. The molecule has 0 saturated carbocycles. The minimum atomic E-state index is -2.64. The number of carbonyl (C=O) groups excluding carboxylic acids is 2. The molecule has 0 aliphatic heterocycles. The minimum Gasteiger partial charge on any atom is -0.465 e. The van der Waals surface area contributed by atoms with Gasteiger partial charge < -0.3 is 9.64 Å². The number of hydrogen-bond donors (Lipinski definition) is 0. The van der Waals surface area contributed by atoms with E-state index in [1.165, 1.54) is 27.7 Å². The van der Waals surface area contributed by atoms with E-state index in [-0.39, 0.29) is 24.7 Å². The average molecular weight is 408 g/mol. The molecule has 5 nitrogen and oxygen atoms in total. The number of ether oxygens (including phenoxy) is 1. The summed E-state index contributed by atoms with van der Waals surface area (Å²) in [5.74, 6) is 0.0156. The Kier molecular flexibility index (Phi) is 9.96. The van der Waals surface area contributed by atoms with Crippen molar-refractivity contribution in [3.8, 4) is 0 Å². The highest BCUT2D eigenvalue weighted by Crippen LogP contribution is 2.67. The lowest BCUT2D eigenvalue weighted by Crippen LogP contribution is -2.34. The van der Waals surface area contributed by atoms with Crippen LogP contribution in [0.4, 0.5) is 4.79 Å². The van der Waals surface area contributed by atoms with Gasteiger partial charge in [0.1, 0.15) is 6.54 Å². The molecule has 24 heavy (non-hydrogen) atoms. The Morgan fingerprint density at radius 3 is 2.33 bits per heavy atom. The van der Waals surface area contributed by atoms with Crippen LogP contribution in [0.15, 0.2) is 30.3 Å². The van der Waals surface area contributed by atoms with Crippen LogP contribution in [-0.2, 0) is 19.8 Å². The fourth-order valence-corrected chi connectivity index (χ4v) is 6.98. The standard InChI is InChI=1S/C15H22NO4PS3/c1-4-20-14(17)10-16(12-21(19,22-2)23-3)15(18)24-11-13-8-6-5-7-9-13/h5-9H,4,10-12H2,1-3H3. The number of esters is 1. The zero-order valence-corrected chi connectivity index (χ0v) is 17.3. The van der Waals surface area contributed by atoms with Gasteiger partial charge in [-0.2, -0.15) is 0 Å². The molecule has 1 rings (SSSR count). The van der Waals surface area contributed by atoms with Gasteiger partial charge in [-0.05, 0) is 25.0 Å². The lowest BCUT2D eigenvalue weighted by atomic mass is 10.2. The van der Waals surface area contributed by atoms with E-state index in [1.54, 1.807) is 19.4 Å². The molecule has 1 aromatic carbocycles. The smallest absolute Gasteiger partial charge is 0.325 e. The van der Waals surface area contributed by atoms with Crippen molar-refractivity contribution in [1.82, 2.24) is 4.90 Å². The third kappa shape index (κ3) is 7.55. The van der Waals surface area contributed by atoms with E-state index in [1.807, 2.05) is 30.3 Å². The van der Waals surface area contributed by atoms with Crippen LogP contribution >= 0.6 is 40.1 Å². The second-order valence-electron chi connectivity index (χ2n) is 4.66. The Bertz CT molecular complexity index is 577. The maximum Gasteiger partial charge on any atom is 0.325 e. The average Bonchev–Trinajstić information content (AvgIpc) is 2.60. The number of nitrogens with zero attached hydrogens (tertiary/aromatic N) is 1. The van der Waals surface area contributed by atoms with Crippen LogP contribution in [-0.4, -0.2) is 48.1 Å². The van der Waals surface area contributed by atoms with E-state index in [9.17, 15) is 14.2 Å². The summed E-state index contributed by atoms with van der Waals surface area (Å²) < 4.78 is 17.6. The van der Waals surface area contributed by atoms with Gasteiger partial charge in [0.2, 0.25) is 5.55 Å². The van der Waals surface area contributed by atoms with Crippen LogP contribution in [0, 0.1) is 0 Å². The molecule has 0 spiro atoms. The van der Waals surface area contributed by atoms with Crippen LogP contribution in [0.5, 0.6) is 0 Å². The van der Waals surface area contributed by atoms with Gasteiger partial charge in [0.25, 0.3) is 5.24 Å². The predicted molar refractivity (Wildman–Crippen MR) is 106 cm³/mol. The van der Waals surface area contributed by atoms with Gasteiger partial charge in [0, 0.05) is 5.75 Å². The first kappa shape index (κ1) is 21.5.